The van der Waals surface area contributed by atoms with E-state index < -0.39 is 0 Å². The molecule has 0 aliphatic rings. The highest BCUT2D eigenvalue weighted by molar-refractivity contribution is 7.26. The van der Waals surface area contributed by atoms with Gasteiger partial charge in [0.15, 0.2) is 0 Å². The molecular weight excluding hydrogens is 785 g/mol. The van der Waals surface area contributed by atoms with Gasteiger partial charge in [-0.05, 0) is 124 Å². The maximum absolute atomic E-state index is 2.49. The molecule has 62 heavy (non-hydrogen) atoms. The number of benzene rings is 12. The summed E-state index contributed by atoms with van der Waals surface area (Å²) in [7, 11) is 0. The Hall–Kier alpha value is -7.36. The van der Waals surface area contributed by atoms with Crippen LogP contribution in [0.5, 0.6) is 0 Å². The second-order valence-corrected chi connectivity index (χ2v) is 18.8. The van der Waals surface area contributed by atoms with Crippen molar-refractivity contribution in [1.82, 2.24) is 0 Å². The van der Waals surface area contributed by atoms with Gasteiger partial charge < -0.3 is 0 Å². The van der Waals surface area contributed by atoms with Gasteiger partial charge in [-0.15, -0.1) is 22.7 Å². The third kappa shape index (κ3) is 4.94. The summed E-state index contributed by atoms with van der Waals surface area (Å²) in [6, 6.07) is 77.7. The van der Waals surface area contributed by atoms with E-state index in [0.29, 0.717) is 0 Å². The van der Waals surface area contributed by atoms with E-state index in [0.717, 1.165) is 0 Å². The molecule has 0 aliphatic carbocycles. The van der Waals surface area contributed by atoms with E-state index in [-0.39, 0.29) is 0 Å². The Morgan fingerprint density at radius 2 is 0.613 bits per heavy atom. The lowest BCUT2D eigenvalue weighted by molar-refractivity contribution is 1.67. The highest BCUT2D eigenvalue weighted by Crippen LogP contribution is 2.52. The zero-order valence-electron chi connectivity index (χ0n) is 33.4. The Balaban J connectivity index is 1.16. The van der Waals surface area contributed by atoms with Crippen molar-refractivity contribution in [2.75, 3.05) is 0 Å². The predicted molar refractivity (Wildman–Crippen MR) is 273 cm³/mol. The van der Waals surface area contributed by atoms with E-state index in [1.807, 2.05) is 22.7 Å². The third-order valence-corrected chi connectivity index (χ3v) is 15.8. The fourth-order valence-corrected chi connectivity index (χ4v) is 13.0. The topological polar surface area (TPSA) is 0 Å². The molecule has 286 valence electrons. The van der Waals surface area contributed by atoms with Gasteiger partial charge in [0.05, 0.1) is 0 Å². The molecule has 0 N–H and O–H groups in total. The lowest BCUT2D eigenvalue weighted by atomic mass is 9.81. The molecule has 14 aromatic rings. The first kappa shape index (κ1) is 34.4. The first-order valence-electron chi connectivity index (χ1n) is 21.3. The highest BCUT2D eigenvalue weighted by atomic mass is 32.1. The van der Waals surface area contributed by atoms with Crippen molar-refractivity contribution in [3.05, 3.63) is 206 Å². The molecule has 12 aromatic carbocycles. The Bertz CT molecular complexity index is 3890. The number of hydrogen-bond acceptors (Lipinski definition) is 2. The van der Waals surface area contributed by atoms with Gasteiger partial charge in [0.2, 0.25) is 0 Å². The zero-order valence-corrected chi connectivity index (χ0v) is 35.1. The molecular formula is C60H34S2. The molecule has 0 radical (unpaired) electrons. The summed E-state index contributed by atoms with van der Waals surface area (Å²) in [6.45, 7) is 0. The van der Waals surface area contributed by atoms with Gasteiger partial charge in [0, 0.05) is 51.5 Å². The molecule has 2 heterocycles. The summed E-state index contributed by atoms with van der Waals surface area (Å²) in [6.07, 6.45) is 0. The quantitative estimate of drug-likeness (QED) is 0.155. The Morgan fingerprint density at radius 1 is 0.226 bits per heavy atom. The molecule has 0 fully saturated rings. The first-order valence-corrected chi connectivity index (χ1v) is 22.9. The van der Waals surface area contributed by atoms with Crippen molar-refractivity contribution in [1.29, 1.82) is 0 Å². The van der Waals surface area contributed by atoms with Crippen molar-refractivity contribution in [3.8, 4) is 44.5 Å². The van der Waals surface area contributed by atoms with Crippen LogP contribution in [0.1, 0.15) is 0 Å². The molecule has 2 aromatic heterocycles. The molecule has 0 atom stereocenters. The monoisotopic (exact) mass is 818 g/mol. The summed E-state index contributed by atoms with van der Waals surface area (Å²) >= 11 is 3.82. The Labute approximate surface area is 365 Å². The van der Waals surface area contributed by atoms with Gasteiger partial charge in [0.1, 0.15) is 0 Å². The maximum Gasteiger partial charge on any atom is 0.0434 e. The molecule has 14 rings (SSSR count). The SMILES string of the molecule is c1ccc2cc(-c3cc(-c4cccc5c4sc4ccccc45)c4ccc5c(-c6ccc7ccccc7c6)cc(-c6cccc7c6sc6ccccc67)c6ccc3c4c56)ccc2c1. The van der Waals surface area contributed by atoms with Gasteiger partial charge in [-0.1, -0.05) is 170 Å². The average Bonchev–Trinajstić information content (AvgIpc) is 3.92. The van der Waals surface area contributed by atoms with E-state index in [4.69, 9.17) is 0 Å². The van der Waals surface area contributed by atoms with Crippen LogP contribution >= 0.6 is 22.7 Å². The Morgan fingerprint density at radius 3 is 1.08 bits per heavy atom. The lowest BCUT2D eigenvalue weighted by Crippen LogP contribution is -1.94. The second kappa shape index (κ2) is 13.1. The predicted octanol–water partition coefficient (Wildman–Crippen LogP) is 18.3. The maximum atomic E-state index is 2.49. The van der Waals surface area contributed by atoms with Crippen molar-refractivity contribution in [3.63, 3.8) is 0 Å². The molecule has 0 saturated carbocycles. The fraction of sp³-hybridized carbons (Fsp3) is 0. The molecule has 0 amide bonds. The van der Waals surface area contributed by atoms with Crippen LogP contribution in [-0.4, -0.2) is 0 Å². The molecule has 0 unspecified atom stereocenters. The first-order chi connectivity index (χ1) is 30.7. The van der Waals surface area contributed by atoms with Gasteiger partial charge in [-0.25, -0.2) is 0 Å². The molecule has 0 saturated heterocycles. The van der Waals surface area contributed by atoms with Gasteiger partial charge in [-0.3, -0.25) is 0 Å². The van der Waals surface area contributed by atoms with Crippen molar-refractivity contribution >= 4 is 117 Å². The summed E-state index contributed by atoms with van der Waals surface area (Å²) in [4.78, 5) is 0. The second-order valence-electron chi connectivity index (χ2n) is 16.7. The molecule has 0 nitrogen and oxygen atoms in total. The number of rotatable bonds is 4. The van der Waals surface area contributed by atoms with Gasteiger partial charge >= 0.3 is 0 Å². The van der Waals surface area contributed by atoms with Crippen LogP contribution in [0.15, 0.2) is 206 Å². The van der Waals surface area contributed by atoms with Crippen molar-refractivity contribution in [2.45, 2.75) is 0 Å². The zero-order chi connectivity index (χ0) is 40.5. The van der Waals surface area contributed by atoms with Crippen LogP contribution in [0, 0.1) is 0 Å². The Kier molecular flexibility index (Phi) is 7.24. The number of hydrogen-bond donors (Lipinski definition) is 0. The minimum Gasteiger partial charge on any atom is -0.135 e. The van der Waals surface area contributed by atoms with E-state index in [1.54, 1.807) is 0 Å². The summed E-state index contributed by atoms with van der Waals surface area (Å²) < 4.78 is 5.31. The van der Waals surface area contributed by atoms with E-state index in [9.17, 15) is 0 Å². The third-order valence-electron chi connectivity index (χ3n) is 13.4. The van der Waals surface area contributed by atoms with Crippen molar-refractivity contribution < 1.29 is 0 Å². The van der Waals surface area contributed by atoms with Gasteiger partial charge in [0.25, 0.3) is 0 Å². The minimum absolute atomic E-state index is 1.23. The van der Waals surface area contributed by atoms with Crippen LogP contribution in [0.25, 0.3) is 139 Å². The smallest absolute Gasteiger partial charge is 0.0434 e. The fourth-order valence-electron chi connectivity index (χ4n) is 10.5. The van der Waals surface area contributed by atoms with E-state index in [2.05, 4.69) is 206 Å². The van der Waals surface area contributed by atoms with E-state index >= 15 is 0 Å². The largest absolute Gasteiger partial charge is 0.135 e. The average molecular weight is 819 g/mol. The standard InChI is InChI=1S/C60H34S2/c1-3-13-37-31-39(25-23-35(37)11-1)51-33-53(49-19-9-17-47-41-15-5-7-21-55(41)61-59(47)49)45-30-28-44-52(40-26-24-36-12-2-4-14-38(36)32-40)34-54(46-29-27-43(51)57(45)58(44)46)50-20-10-18-48-42-16-6-8-22-56(42)62-60(48)50/h1-34H. The van der Waals surface area contributed by atoms with Gasteiger partial charge in [-0.2, -0.15) is 0 Å². The minimum atomic E-state index is 1.23. The summed E-state index contributed by atoms with van der Waals surface area (Å²) in [5.41, 5.74) is 10.1. The normalized spacial score (nSPS) is 12.2. The van der Waals surface area contributed by atoms with Crippen LogP contribution in [0.2, 0.25) is 0 Å². The van der Waals surface area contributed by atoms with Crippen LogP contribution in [-0.2, 0) is 0 Å². The van der Waals surface area contributed by atoms with Crippen molar-refractivity contribution in [2.24, 2.45) is 0 Å². The lowest BCUT2D eigenvalue weighted by Gasteiger charge is -2.22. The van der Waals surface area contributed by atoms with Crippen LogP contribution in [0.4, 0.5) is 0 Å². The highest BCUT2D eigenvalue weighted by Gasteiger charge is 2.23. The summed E-state index contributed by atoms with van der Waals surface area (Å²) in [5, 5.41) is 18.1. The number of fused-ring (bicyclic) bond motifs is 8. The molecule has 0 bridgehead atoms. The van der Waals surface area contributed by atoms with Crippen LogP contribution < -0.4 is 0 Å². The van der Waals surface area contributed by atoms with E-state index in [1.165, 1.54) is 139 Å². The molecule has 2 heteroatoms. The molecule has 0 aliphatic heterocycles. The number of thiophene rings is 2. The van der Waals surface area contributed by atoms with Crippen LogP contribution in [0.3, 0.4) is 0 Å². The summed E-state index contributed by atoms with van der Waals surface area (Å²) in [5.74, 6) is 0. The molecule has 0 spiro atoms.